The first-order valence-electron chi connectivity index (χ1n) is 11.8. The van der Waals surface area contributed by atoms with Gasteiger partial charge in [-0.2, -0.15) is 4.31 Å². The largest absolute Gasteiger partial charge is 0.420 e. The monoisotopic (exact) mass is 505 g/mol. The number of sulfonamides is 1. The summed E-state index contributed by atoms with van der Waals surface area (Å²) < 4.78 is 38.7. The number of alkyl carbamates (subject to hydrolysis) is 1. The van der Waals surface area contributed by atoms with Crippen molar-refractivity contribution in [3.05, 3.63) is 60.2 Å². The Bertz CT molecular complexity index is 1040. The van der Waals surface area contributed by atoms with E-state index >= 15 is 0 Å². The van der Waals surface area contributed by atoms with E-state index in [0.717, 1.165) is 12.0 Å². The van der Waals surface area contributed by atoms with Crippen LogP contribution in [0.4, 0.5) is 10.5 Å². The summed E-state index contributed by atoms with van der Waals surface area (Å²) in [5.41, 5.74) is 7.05. The predicted octanol–water partition coefficient (Wildman–Crippen LogP) is 2.75. The maximum atomic E-state index is 13.4. The molecule has 0 spiro atoms. The lowest BCUT2D eigenvalue weighted by molar-refractivity contribution is -0.0698. The van der Waals surface area contributed by atoms with Gasteiger partial charge in [-0.3, -0.25) is 0 Å². The second-order valence-corrected chi connectivity index (χ2v) is 11.1. The molecule has 1 heterocycles. The molecular weight excluding hydrogens is 470 g/mol. The van der Waals surface area contributed by atoms with E-state index in [9.17, 15) is 18.3 Å². The molecule has 0 aromatic heterocycles. The van der Waals surface area contributed by atoms with Gasteiger partial charge >= 0.3 is 6.09 Å². The van der Waals surface area contributed by atoms with Crippen LogP contribution in [0.15, 0.2) is 59.5 Å². The molecule has 192 valence electrons. The molecular formula is C25H35N3O6S. The summed E-state index contributed by atoms with van der Waals surface area (Å²) in [7, 11) is -3.91. The number of benzene rings is 2. The van der Waals surface area contributed by atoms with Gasteiger partial charge in [-0.25, -0.2) is 13.2 Å². The number of nitrogens with one attached hydrogen (secondary N) is 1. The quantitative estimate of drug-likeness (QED) is 0.400. The molecule has 0 radical (unpaired) electrons. The fourth-order valence-electron chi connectivity index (χ4n) is 3.90. The van der Waals surface area contributed by atoms with Gasteiger partial charge in [-0.1, -0.05) is 44.2 Å². The number of hydrogen-bond donors (Lipinski definition) is 3. The highest BCUT2D eigenvalue weighted by molar-refractivity contribution is 7.89. The highest BCUT2D eigenvalue weighted by Crippen LogP contribution is 2.20. The first-order valence-corrected chi connectivity index (χ1v) is 13.3. The Hall–Kier alpha value is -2.66. The van der Waals surface area contributed by atoms with Crippen molar-refractivity contribution in [3.8, 4) is 0 Å². The standard InChI is InChI=1S/C25H35N3O6S/c1-18(2)16-28(35(31,32)21-12-10-20(26)11-13-21)17-23(29)22(15-19-7-4-3-5-8-19)27-25(30)34-24-9-6-14-33-24/h3-5,7-8,10-13,18,22-24,29H,6,9,14-17,26H2,1-2H3,(H,27,30). The molecule has 2 aromatic rings. The Balaban J connectivity index is 1.80. The van der Waals surface area contributed by atoms with Crippen LogP contribution in [-0.4, -0.2) is 62.1 Å². The second-order valence-electron chi connectivity index (χ2n) is 9.14. The number of aliphatic hydroxyl groups is 1. The van der Waals surface area contributed by atoms with E-state index in [1.165, 1.54) is 28.6 Å². The maximum absolute atomic E-state index is 13.4. The minimum Gasteiger partial charge on any atom is -0.420 e. The van der Waals surface area contributed by atoms with Crippen LogP contribution in [0.5, 0.6) is 0 Å². The Morgan fingerprint density at radius 2 is 1.86 bits per heavy atom. The summed E-state index contributed by atoms with van der Waals surface area (Å²) in [4.78, 5) is 12.6. The van der Waals surface area contributed by atoms with E-state index in [4.69, 9.17) is 15.2 Å². The van der Waals surface area contributed by atoms with E-state index in [0.29, 0.717) is 25.1 Å². The molecule has 10 heteroatoms. The van der Waals surface area contributed by atoms with Crippen LogP contribution in [0.25, 0.3) is 0 Å². The third-order valence-electron chi connectivity index (χ3n) is 5.67. The number of nitrogens with zero attached hydrogens (tertiary/aromatic N) is 1. The Labute approximate surface area is 207 Å². The number of carbonyl (C=O) groups excluding carboxylic acids is 1. The fourth-order valence-corrected chi connectivity index (χ4v) is 5.52. The summed E-state index contributed by atoms with van der Waals surface area (Å²) in [5.74, 6) is 0.00997. The molecule has 1 amide bonds. The van der Waals surface area contributed by atoms with Gasteiger partial charge in [0.05, 0.1) is 23.6 Å². The highest BCUT2D eigenvalue weighted by atomic mass is 32.2. The lowest BCUT2D eigenvalue weighted by atomic mass is 10.0. The predicted molar refractivity (Wildman–Crippen MR) is 133 cm³/mol. The van der Waals surface area contributed by atoms with E-state index in [-0.39, 0.29) is 23.9 Å². The molecule has 1 aliphatic rings. The third kappa shape index (κ3) is 7.93. The van der Waals surface area contributed by atoms with Crippen molar-refractivity contribution in [2.45, 2.75) is 56.4 Å². The van der Waals surface area contributed by atoms with Crippen molar-refractivity contribution < 1.29 is 27.8 Å². The lowest BCUT2D eigenvalue weighted by Gasteiger charge is -2.30. The molecule has 3 rings (SSSR count). The number of hydrogen-bond acceptors (Lipinski definition) is 7. The van der Waals surface area contributed by atoms with Gasteiger partial charge in [0.25, 0.3) is 0 Å². The smallest absolute Gasteiger partial charge is 0.409 e. The van der Waals surface area contributed by atoms with Gasteiger partial charge in [0.1, 0.15) is 0 Å². The normalized spacial score (nSPS) is 17.9. The molecule has 0 bridgehead atoms. The van der Waals surface area contributed by atoms with Gasteiger partial charge < -0.3 is 25.6 Å². The van der Waals surface area contributed by atoms with Crippen LogP contribution in [0.3, 0.4) is 0 Å². The number of amides is 1. The lowest BCUT2D eigenvalue weighted by Crippen LogP contribution is -2.51. The van der Waals surface area contributed by atoms with Crippen LogP contribution in [0, 0.1) is 5.92 Å². The zero-order valence-electron chi connectivity index (χ0n) is 20.2. The number of aliphatic hydroxyl groups excluding tert-OH is 1. The third-order valence-corrected chi connectivity index (χ3v) is 7.52. The molecule has 1 saturated heterocycles. The van der Waals surface area contributed by atoms with E-state index in [1.807, 2.05) is 44.2 Å². The molecule has 1 aliphatic heterocycles. The minimum atomic E-state index is -3.91. The van der Waals surface area contributed by atoms with Gasteiger partial charge in [0, 0.05) is 25.2 Å². The summed E-state index contributed by atoms with van der Waals surface area (Å²) in [6, 6.07) is 14.5. The van der Waals surface area contributed by atoms with Crippen molar-refractivity contribution in [1.29, 1.82) is 0 Å². The average Bonchev–Trinajstić information content (AvgIpc) is 3.31. The van der Waals surface area contributed by atoms with Crippen molar-refractivity contribution in [3.63, 3.8) is 0 Å². The topological polar surface area (TPSA) is 131 Å². The van der Waals surface area contributed by atoms with Gasteiger partial charge in [-0.05, 0) is 48.6 Å². The van der Waals surface area contributed by atoms with Crippen molar-refractivity contribution in [2.75, 3.05) is 25.4 Å². The number of anilines is 1. The van der Waals surface area contributed by atoms with Gasteiger partial charge in [-0.15, -0.1) is 0 Å². The zero-order chi connectivity index (χ0) is 25.4. The highest BCUT2D eigenvalue weighted by Gasteiger charge is 2.32. The van der Waals surface area contributed by atoms with Crippen LogP contribution in [0.2, 0.25) is 0 Å². The molecule has 9 nitrogen and oxygen atoms in total. The van der Waals surface area contributed by atoms with E-state index < -0.39 is 34.6 Å². The first-order chi connectivity index (χ1) is 16.6. The molecule has 4 N–H and O–H groups in total. The van der Waals surface area contributed by atoms with Crippen LogP contribution >= 0.6 is 0 Å². The Kier molecular flexibility index (Phi) is 9.50. The summed E-state index contributed by atoms with van der Waals surface area (Å²) in [6.45, 7) is 4.32. The Morgan fingerprint density at radius 3 is 2.46 bits per heavy atom. The molecule has 2 aromatic carbocycles. The number of nitrogen functional groups attached to an aromatic ring is 1. The summed E-state index contributed by atoms with van der Waals surface area (Å²) >= 11 is 0. The number of rotatable bonds is 11. The SMILES string of the molecule is CC(C)CN(CC(O)C(Cc1ccccc1)NC(=O)OC1CCCO1)S(=O)(=O)c1ccc(N)cc1. The maximum Gasteiger partial charge on any atom is 0.409 e. The van der Waals surface area contributed by atoms with Crippen molar-refractivity contribution in [2.24, 2.45) is 5.92 Å². The van der Waals surface area contributed by atoms with Crippen LogP contribution < -0.4 is 11.1 Å². The number of nitrogens with two attached hydrogens (primary N) is 1. The summed E-state index contributed by atoms with van der Waals surface area (Å²) in [6.07, 6.45) is -0.821. The fraction of sp³-hybridized carbons (Fsp3) is 0.480. The van der Waals surface area contributed by atoms with Crippen molar-refractivity contribution in [1.82, 2.24) is 9.62 Å². The molecule has 35 heavy (non-hydrogen) atoms. The van der Waals surface area contributed by atoms with Crippen LogP contribution in [0.1, 0.15) is 32.3 Å². The molecule has 0 saturated carbocycles. The minimum absolute atomic E-state index is 0.00997. The molecule has 0 aliphatic carbocycles. The van der Waals surface area contributed by atoms with Crippen molar-refractivity contribution >= 4 is 21.8 Å². The Morgan fingerprint density at radius 1 is 1.17 bits per heavy atom. The number of ether oxygens (including phenoxy) is 2. The second kappa shape index (κ2) is 12.3. The number of carbonyl (C=O) groups is 1. The molecule has 3 atom stereocenters. The van der Waals surface area contributed by atoms with E-state index in [2.05, 4.69) is 5.32 Å². The first kappa shape index (κ1) is 26.9. The van der Waals surface area contributed by atoms with E-state index in [1.54, 1.807) is 0 Å². The van der Waals surface area contributed by atoms with Crippen LogP contribution in [-0.2, 0) is 25.9 Å². The summed E-state index contributed by atoms with van der Waals surface area (Å²) in [5, 5.41) is 13.9. The van der Waals surface area contributed by atoms with Gasteiger partial charge in [0.15, 0.2) is 0 Å². The molecule has 3 unspecified atom stereocenters. The van der Waals surface area contributed by atoms with Gasteiger partial charge in [0.2, 0.25) is 16.3 Å². The molecule has 1 fully saturated rings. The zero-order valence-corrected chi connectivity index (χ0v) is 21.0. The average molecular weight is 506 g/mol.